The molecule has 0 saturated carbocycles. The first kappa shape index (κ1) is 11.1. The Labute approximate surface area is 69.9 Å². The first-order chi connectivity index (χ1) is 5.59. The van der Waals surface area contributed by atoms with Crippen molar-refractivity contribution in [1.82, 2.24) is 0 Å². The van der Waals surface area contributed by atoms with Gasteiger partial charge in [-0.2, -0.15) is 8.78 Å². The Morgan fingerprint density at radius 2 is 1.92 bits per heavy atom. The average molecular weight is 178 g/mol. The van der Waals surface area contributed by atoms with Crippen molar-refractivity contribution < 1.29 is 18.7 Å². The summed E-state index contributed by atoms with van der Waals surface area (Å²) in [6, 6.07) is 0. The van der Waals surface area contributed by atoms with Crippen molar-refractivity contribution in [3.8, 4) is 0 Å². The van der Waals surface area contributed by atoms with Crippen molar-refractivity contribution in [2.45, 2.75) is 32.6 Å². The van der Waals surface area contributed by atoms with Gasteiger partial charge in [-0.05, 0) is 12.8 Å². The van der Waals surface area contributed by atoms with Gasteiger partial charge in [-0.15, -0.1) is 0 Å². The molecule has 0 spiro atoms. The lowest BCUT2D eigenvalue weighted by molar-refractivity contribution is -0.133. The Morgan fingerprint density at radius 3 is 2.25 bits per heavy atom. The second-order valence-corrected chi connectivity index (χ2v) is 2.50. The van der Waals surface area contributed by atoms with E-state index in [1.165, 1.54) is 0 Å². The second-order valence-electron chi connectivity index (χ2n) is 2.50. The lowest BCUT2D eigenvalue weighted by Crippen LogP contribution is -2.01. The van der Waals surface area contributed by atoms with Crippen molar-refractivity contribution >= 4 is 5.97 Å². The van der Waals surface area contributed by atoms with Gasteiger partial charge in [0.1, 0.15) is 5.57 Å². The third kappa shape index (κ3) is 4.05. The van der Waals surface area contributed by atoms with Crippen LogP contribution in [0.3, 0.4) is 0 Å². The molecular weight excluding hydrogens is 166 g/mol. The lowest BCUT2D eigenvalue weighted by atomic mass is 10.1. The summed E-state index contributed by atoms with van der Waals surface area (Å²) >= 11 is 0. The third-order valence-corrected chi connectivity index (χ3v) is 1.52. The van der Waals surface area contributed by atoms with Gasteiger partial charge >= 0.3 is 5.97 Å². The molecule has 0 aromatic carbocycles. The van der Waals surface area contributed by atoms with Crippen LogP contribution in [0.15, 0.2) is 11.7 Å². The molecule has 0 saturated heterocycles. The molecule has 0 aliphatic carbocycles. The highest BCUT2D eigenvalue weighted by Gasteiger charge is 2.13. The van der Waals surface area contributed by atoms with E-state index in [1.807, 2.05) is 6.92 Å². The molecule has 0 bridgehead atoms. The van der Waals surface area contributed by atoms with Crippen LogP contribution >= 0.6 is 0 Å². The van der Waals surface area contributed by atoms with Crippen LogP contribution in [0.2, 0.25) is 0 Å². The molecule has 2 nitrogen and oxygen atoms in total. The molecule has 0 aromatic rings. The number of carboxylic acid groups (broad SMARTS) is 1. The third-order valence-electron chi connectivity index (χ3n) is 1.52. The summed E-state index contributed by atoms with van der Waals surface area (Å²) < 4.78 is 23.8. The van der Waals surface area contributed by atoms with E-state index < -0.39 is 17.6 Å². The van der Waals surface area contributed by atoms with Crippen molar-refractivity contribution in [2.24, 2.45) is 0 Å². The number of halogens is 2. The van der Waals surface area contributed by atoms with Crippen LogP contribution in [0.4, 0.5) is 8.78 Å². The maximum atomic E-state index is 11.9. The molecule has 0 fully saturated rings. The molecule has 0 radical (unpaired) electrons. The molecule has 0 aromatic heterocycles. The maximum Gasteiger partial charge on any atom is 0.337 e. The normalized spacial score (nSPS) is 9.58. The number of hydrogen-bond donors (Lipinski definition) is 1. The minimum atomic E-state index is -2.07. The van der Waals surface area contributed by atoms with Gasteiger partial charge in [-0.3, -0.25) is 0 Å². The van der Waals surface area contributed by atoms with E-state index in [9.17, 15) is 13.6 Å². The van der Waals surface area contributed by atoms with E-state index in [1.54, 1.807) is 0 Å². The highest BCUT2D eigenvalue weighted by atomic mass is 19.3. The molecule has 0 amide bonds. The number of aliphatic carboxylic acids is 1. The Kier molecular flexibility index (Phi) is 5.25. The highest BCUT2D eigenvalue weighted by molar-refractivity contribution is 5.86. The van der Waals surface area contributed by atoms with Gasteiger partial charge in [0.25, 0.3) is 6.08 Å². The zero-order valence-electron chi connectivity index (χ0n) is 6.94. The standard InChI is InChI=1S/C8H12F2O2/c1-2-3-4-5-6(7(9)10)8(11)12/h2-5H2,1H3,(H,11,12). The molecule has 0 aliphatic rings. The van der Waals surface area contributed by atoms with E-state index >= 15 is 0 Å². The molecule has 70 valence electrons. The summed E-state index contributed by atoms with van der Waals surface area (Å²) in [4.78, 5) is 10.2. The lowest BCUT2D eigenvalue weighted by Gasteiger charge is -1.98. The van der Waals surface area contributed by atoms with E-state index in [0.29, 0.717) is 6.42 Å². The van der Waals surface area contributed by atoms with Gasteiger partial charge in [0, 0.05) is 0 Å². The zero-order chi connectivity index (χ0) is 9.56. The van der Waals surface area contributed by atoms with Gasteiger partial charge in [-0.1, -0.05) is 19.8 Å². The molecule has 0 heterocycles. The maximum absolute atomic E-state index is 11.9. The van der Waals surface area contributed by atoms with E-state index in [-0.39, 0.29) is 6.42 Å². The predicted octanol–water partition coefficient (Wildman–Crippen LogP) is 2.80. The van der Waals surface area contributed by atoms with Gasteiger partial charge in [0.05, 0.1) is 0 Å². The fraction of sp³-hybridized carbons (Fsp3) is 0.625. The quantitative estimate of drug-likeness (QED) is 0.519. The smallest absolute Gasteiger partial charge is 0.337 e. The van der Waals surface area contributed by atoms with Crippen molar-refractivity contribution in [3.63, 3.8) is 0 Å². The summed E-state index contributed by atoms with van der Waals surface area (Å²) in [5, 5.41) is 8.31. The minimum Gasteiger partial charge on any atom is -0.478 e. The predicted molar refractivity (Wildman–Crippen MR) is 41.0 cm³/mol. The molecule has 4 heteroatoms. The Morgan fingerprint density at radius 1 is 1.33 bits per heavy atom. The second kappa shape index (κ2) is 5.69. The van der Waals surface area contributed by atoms with E-state index in [2.05, 4.69) is 0 Å². The monoisotopic (exact) mass is 178 g/mol. The average Bonchev–Trinajstić information content (AvgIpc) is 1.96. The number of hydrogen-bond acceptors (Lipinski definition) is 1. The van der Waals surface area contributed by atoms with Gasteiger partial charge < -0.3 is 5.11 Å². The van der Waals surface area contributed by atoms with Crippen LogP contribution in [0.1, 0.15) is 32.6 Å². The molecule has 0 rings (SSSR count). The number of carbonyl (C=O) groups is 1. The topological polar surface area (TPSA) is 37.3 Å². The molecule has 1 N–H and O–H groups in total. The van der Waals surface area contributed by atoms with Gasteiger partial charge in [0.2, 0.25) is 0 Å². The summed E-state index contributed by atoms with van der Waals surface area (Å²) in [5.74, 6) is -1.51. The van der Waals surface area contributed by atoms with E-state index in [4.69, 9.17) is 5.11 Å². The fourth-order valence-corrected chi connectivity index (χ4v) is 0.834. The Hall–Kier alpha value is -0.930. The molecule has 12 heavy (non-hydrogen) atoms. The van der Waals surface area contributed by atoms with Crippen molar-refractivity contribution in [2.75, 3.05) is 0 Å². The van der Waals surface area contributed by atoms with E-state index in [0.717, 1.165) is 12.8 Å². The molecule has 0 unspecified atom stereocenters. The largest absolute Gasteiger partial charge is 0.478 e. The minimum absolute atomic E-state index is 0.0362. The first-order valence-corrected chi connectivity index (χ1v) is 3.87. The fourth-order valence-electron chi connectivity index (χ4n) is 0.834. The molecular formula is C8H12F2O2. The van der Waals surface area contributed by atoms with Crippen molar-refractivity contribution in [1.29, 1.82) is 0 Å². The van der Waals surface area contributed by atoms with Crippen LogP contribution in [0, 0.1) is 0 Å². The van der Waals surface area contributed by atoms with Gasteiger partial charge in [-0.25, -0.2) is 4.79 Å². The molecule has 0 atom stereocenters. The molecule has 0 aliphatic heterocycles. The summed E-state index contributed by atoms with van der Waals surface area (Å²) in [6.45, 7) is 1.93. The zero-order valence-corrected chi connectivity index (χ0v) is 6.94. The number of carboxylic acids is 1. The summed E-state index contributed by atoms with van der Waals surface area (Å²) in [5.41, 5.74) is -0.747. The van der Waals surface area contributed by atoms with Crippen LogP contribution in [-0.2, 0) is 4.79 Å². The van der Waals surface area contributed by atoms with Crippen LogP contribution in [0.25, 0.3) is 0 Å². The van der Waals surface area contributed by atoms with Crippen molar-refractivity contribution in [3.05, 3.63) is 11.7 Å². The van der Waals surface area contributed by atoms with Crippen LogP contribution in [0.5, 0.6) is 0 Å². The Balaban J connectivity index is 4.00. The Bertz CT molecular complexity index is 183. The highest BCUT2D eigenvalue weighted by Crippen LogP contribution is 2.15. The first-order valence-electron chi connectivity index (χ1n) is 3.87. The SMILES string of the molecule is CCCCCC(C(=O)O)=C(F)F. The summed E-state index contributed by atoms with van der Waals surface area (Å²) in [6.07, 6.45) is 0.0739. The van der Waals surface area contributed by atoms with Gasteiger partial charge in [0.15, 0.2) is 0 Å². The summed E-state index contributed by atoms with van der Waals surface area (Å²) in [7, 11) is 0. The van der Waals surface area contributed by atoms with Crippen LogP contribution in [-0.4, -0.2) is 11.1 Å². The van der Waals surface area contributed by atoms with Crippen LogP contribution < -0.4 is 0 Å². The number of rotatable bonds is 5. The number of unbranched alkanes of at least 4 members (excludes halogenated alkanes) is 2.